The Balaban J connectivity index is 2.28. The van der Waals surface area contributed by atoms with Gasteiger partial charge in [0.2, 0.25) is 0 Å². The summed E-state index contributed by atoms with van der Waals surface area (Å²) in [5.41, 5.74) is 8.29. The average Bonchev–Trinajstić information content (AvgIpc) is 2.34. The van der Waals surface area contributed by atoms with Gasteiger partial charge >= 0.3 is 0 Å². The summed E-state index contributed by atoms with van der Waals surface area (Å²) in [6, 6.07) is 9.60. The SMILES string of the molecule is COc1ccccc1Nc1cc(C)c(N)cn1. The van der Waals surface area contributed by atoms with E-state index in [9.17, 15) is 0 Å². The molecule has 2 aromatic rings. The predicted molar refractivity (Wildman–Crippen MR) is 69.7 cm³/mol. The van der Waals surface area contributed by atoms with Crippen LogP contribution in [0.5, 0.6) is 5.75 Å². The van der Waals surface area contributed by atoms with E-state index in [0.29, 0.717) is 5.69 Å². The minimum absolute atomic E-state index is 0.690. The third-order valence-corrected chi connectivity index (χ3v) is 2.52. The average molecular weight is 229 g/mol. The molecule has 0 bridgehead atoms. The van der Waals surface area contributed by atoms with Gasteiger partial charge in [-0.15, -0.1) is 0 Å². The van der Waals surface area contributed by atoms with E-state index in [1.165, 1.54) is 0 Å². The fourth-order valence-electron chi connectivity index (χ4n) is 1.52. The van der Waals surface area contributed by atoms with Crippen LogP contribution in [-0.2, 0) is 0 Å². The number of hydrogen-bond donors (Lipinski definition) is 2. The van der Waals surface area contributed by atoms with Gasteiger partial charge in [-0.2, -0.15) is 0 Å². The highest BCUT2D eigenvalue weighted by Gasteiger charge is 2.03. The van der Waals surface area contributed by atoms with Crippen LogP contribution >= 0.6 is 0 Å². The van der Waals surface area contributed by atoms with E-state index in [2.05, 4.69) is 10.3 Å². The Morgan fingerprint density at radius 3 is 2.76 bits per heavy atom. The normalized spacial score (nSPS) is 10.0. The molecule has 0 radical (unpaired) electrons. The van der Waals surface area contributed by atoms with E-state index < -0.39 is 0 Å². The molecular weight excluding hydrogens is 214 g/mol. The molecule has 17 heavy (non-hydrogen) atoms. The molecule has 1 aromatic heterocycles. The zero-order chi connectivity index (χ0) is 12.3. The fraction of sp³-hybridized carbons (Fsp3) is 0.154. The lowest BCUT2D eigenvalue weighted by Gasteiger charge is -2.11. The molecule has 0 atom stereocenters. The second kappa shape index (κ2) is 4.74. The highest BCUT2D eigenvalue weighted by atomic mass is 16.5. The van der Waals surface area contributed by atoms with Gasteiger partial charge in [-0.1, -0.05) is 12.1 Å². The number of anilines is 3. The summed E-state index contributed by atoms with van der Waals surface area (Å²) in [6.45, 7) is 1.95. The summed E-state index contributed by atoms with van der Waals surface area (Å²) in [5, 5.41) is 3.20. The number of nitrogens with two attached hydrogens (primary N) is 1. The smallest absolute Gasteiger partial charge is 0.142 e. The summed E-state index contributed by atoms with van der Waals surface area (Å²) in [6.07, 6.45) is 1.65. The van der Waals surface area contributed by atoms with Crippen molar-refractivity contribution in [2.75, 3.05) is 18.2 Å². The topological polar surface area (TPSA) is 60.2 Å². The molecule has 4 heteroatoms. The number of aromatic nitrogens is 1. The molecule has 0 saturated heterocycles. The van der Waals surface area contributed by atoms with Gasteiger partial charge < -0.3 is 15.8 Å². The molecule has 0 spiro atoms. The van der Waals surface area contributed by atoms with E-state index in [1.54, 1.807) is 13.3 Å². The van der Waals surface area contributed by atoms with Gasteiger partial charge in [-0.05, 0) is 30.7 Å². The molecule has 4 nitrogen and oxygen atoms in total. The van der Waals surface area contributed by atoms with Crippen LogP contribution in [0.2, 0.25) is 0 Å². The number of methoxy groups -OCH3 is 1. The first-order valence-corrected chi connectivity index (χ1v) is 5.33. The van der Waals surface area contributed by atoms with Crippen LogP contribution in [0.1, 0.15) is 5.56 Å². The number of para-hydroxylation sites is 2. The second-order valence-corrected chi connectivity index (χ2v) is 3.75. The third-order valence-electron chi connectivity index (χ3n) is 2.52. The summed E-state index contributed by atoms with van der Waals surface area (Å²) in [5.74, 6) is 1.53. The van der Waals surface area contributed by atoms with Crippen molar-refractivity contribution in [3.05, 3.63) is 42.1 Å². The molecular formula is C13H15N3O. The fourth-order valence-corrected chi connectivity index (χ4v) is 1.52. The third kappa shape index (κ3) is 2.47. The molecule has 1 aromatic carbocycles. The molecule has 3 N–H and O–H groups in total. The Hall–Kier alpha value is -2.23. The van der Waals surface area contributed by atoms with Crippen LogP contribution in [0.4, 0.5) is 17.2 Å². The molecule has 0 aliphatic rings. The van der Waals surface area contributed by atoms with Crippen molar-refractivity contribution in [3.63, 3.8) is 0 Å². The quantitative estimate of drug-likeness (QED) is 0.849. The van der Waals surface area contributed by atoms with Gasteiger partial charge in [-0.25, -0.2) is 4.98 Å². The molecule has 2 rings (SSSR count). The first kappa shape index (κ1) is 11.3. The van der Waals surface area contributed by atoms with Crippen LogP contribution in [0.25, 0.3) is 0 Å². The number of nitrogens with one attached hydrogen (secondary N) is 1. The molecule has 0 amide bonds. The molecule has 0 aliphatic carbocycles. The van der Waals surface area contributed by atoms with Crippen molar-refractivity contribution in [3.8, 4) is 5.75 Å². The minimum Gasteiger partial charge on any atom is -0.495 e. The highest BCUT2D eigenvalue weighted by Crippen LogP contribution is 2.26. The van der Waals surface area contributed by atoms with Crippen molar-refractivity contribution in [2.24, 2.45) is 0 Å². The number of aryl methyl sites for hydroxylation is 1. The van der Waals surface area contributed by atoms with E-state index in [4.69, 9.17) is 10.5 Å². The van der Waals surface area contributed by atoms with Gasteiger partial charge in [0.25, 0.3) is 0 Å². The highest BCUT2D eigenvalue weighted by molar-refractivity contribution is 5.65. The maximum absolute atomic E-state index is 5.72. The van der Waals surface area contributed by atoms with Crippen molar-refractivity contribution in [1.29, 1.82) is 0 Å². The minimum atomic E-state index is 0.690. The summed E-state index contributed by atoms with van der Waals surface area (Å²) in [7, 11) is 1.64. The maximum atomic E-state index is 5.72. The molecule has 0 unspecified atom stereocenters. The number of pyridine rings is 1. The van der Waals surface area contributed by atoms with Crippen LogP contribution in [0.15, 0.2) is 36.5 Å². The predicted octanol–water partition coefficient (Wildman–Crippen LogP) is 2.72. The first-order valence-electron chi connectivity index (χ1n) is 5.33. The van der Waals surface area contributed by atoms with Crippen LogP contribution in [-0.4, -0.2) is 12.1 Å². The maximum Gasteiger partial charge on any atom is 0.142 e. The molecule has 0 saturated carbocycles. The van der Waals surface area contributed by atoms with Crippen LogP contribution in [0, 0.1) is 6.92 Å². The monoisotopic (exact) mass is 229 g/mol. The summed E-state index contributed by atoms with van der Waals surface area (Å²) in [4.78, 5) is 4.22. The van der Waals surface area contributed by atoms with Gasteiger partial charge in [-0.3, -0.25) is 0 Å². The molecule has 1 heterocycles. The number of nitrogens with zero attached hydrogens (tertiary/aromatic N) is 1. The van der Waals surface area contributed by atoms with Crippen LogP contribution < -0.4 is 15.8 Å². The largest absolute Gasteiger partial charge is 0.495 e. The Labute approximate surface area is 100 Å². The van der Waals surface area contributed by atoms with Gasteiger partial charge in [0.1, 0.15) is 11.6 Å². The lowest BCUT2D eigenvalue weighted by atomic mass is 10.2. The standard InChI is InChI=1S/C13H15N3O/c1-9-7-13(15-8-10(9)14)16-11-5-3-4-6-12(11)17-2/h3-8H,14H2,1-2H3,(H,15,16). The first-order chi connectivity index (χ1) is 8.20. The zero-order valence-corrected chi connectivity index (χ0v) is 9.90. The number of ether oxygens (including phenoxy) is 1. The Morgan fingerprint density at radius 2 is 2.06 bits per heavy atom. The zero-order valence-electron chi connectivity index (χ0n) is 9.90. The lowest BCUT2D eigenvalue weighted by Crippen LogP contribution is -1.98. The van der Waals surface area contributed by atoms with E-state index >= 15 is 0 Å². The number of benzene rings is 1. The number of rotatable bonds is 3. The van der Waals surface area contributed by atoms with E-state index in [1.807, 2.05) is 37.3 Å². The lowest BCUT2D eigenvalue weighted by molar-refractivity contribution is 0.417. The summed E-state index contributed by atoms with van der Waals surface area (Å²) < 4.78 is 5.26. The molecule has 88 valence electrons. The Morgan fingerprint density at radius 1 is 1.29 bits per heavy atom. The Kier molecular flexibility index (Phi) is 3.14. The van der Waals surface area contributed by atoms with Gasteiger partial charge in [0.05, 0.1) is 24.7 Å². The number of nitrogen functional groups attached to an aromatic ring is 1. The van der Waals surface area contributed by atoms with E-state index in [-0.39, 0.29) is 0 Å². The van der Waals surface area contributed by atoms with Gasteiger partial charge in [0, 0.05) is 0 Å². The van der Waals surface area contributed by atoms with Crippen molar-refractivity contribution < 1.29 is 4.74 Å². The van der Waals surface area contributed by atoms with Crippen molar-refractivity contribution >= 4 is 17.2 Å². The molecule has 0 aliphatic heterocycles. The Bertz CT molecular complexity index is 526. The van der Waals surface area contributed by atoms with Crippen LogP contribution in [0.3, 0.4) is 0 Å². The molecule has 0 fully saturated rings. The van der Waals surface area contributed by atoms with E-state index in [0.717, 1.165) is 22.8 Å². The van der Waals surface area contributed by atoms with Gasteiger partial charge in [0.15, 0.2) is 0 Å². The van der Waals surface area contributed by atoms with Crippen molar-refractivity contribution in [2.45, 2.75) is 6.92 Å². The number of hydrogen-bond acceptors (Lipinski definition) is 4. The van der Waals surface area contributed by atoms with Crippen molar-refractivity contribution in [1.82, 2.24) is 4.98 Å². The second-order valence-electron chi connectivity index (χ2n) is 3.75. The summed E-state index contributed by atoms with van der Waals surface area (Å²) >= 11 is 0.